The van der Waals surface area contributed by atoms with E-state index in [1.165, 1.54) is 11.1 Å². The summed E-state index contributed by atoms with van der Waals surface area (Å²) in [6, 6.07) is 15.1. The molecule has 5 nitrogen and oxygen atoms in total. The number of pyridine rings is 1. The highest BCUT2D eigenvalue weighted by Gasteiger charge is 2.23. The highest BCUT2D eigenvalue weighted by atomic mass is 15.3. The summed E-state index contributed by atoms with van der Waals surface area (Å²) < 4.78 is 1.90. The first kappa shape index (κ1) is 15.1. The molecule has 1 aliphatic heterocycles. The molecule has 24 heavy (non-hydrogen) atoms. The molecule has 5 heteroatoms. The summed E-state index contributed by atoms with van der Waals surface area (Å²) in [5.74, 6) is 0. The highest BCUT2D eigenvalue weighted by molar-refractivity contribution is 5.35. The molecule has 1 unspecified atom stereocenters. The predicted molar refractivity (Wildman–Crippen MR) is 93.8 cm³/mol. The second-order valence-electron chi connectivity index (χ2n) is 6.10. The third kappa shape index (κ3) is 3.22. The van der Waals surface area contributed by atoms with Crippen LogP contribution >= 0.6 is 0 Å². The third-order valence-electron chi connectivity index (χ3n) is 4.49. The monoisotopic (exact) mass is 319 g/mol. The van der Waals surface area contributed by atoms with Gasteiger partial charge in [-0.25, -0.2) is 4.68 Å². The number of nitrogens with one attached hydrogen (secondary N) is 1. The molecular formula is C19H21N5. The van der Waals surface area contributed by atoms with Gasteiger partial charge in [-0.3, -0.25) is 9.88 Å². The number of nitrogens with zero attached hydrogens (tertiary/aromatic N) is 4. The van der Waals surface area contributed by atoms with Crippen molar-refractivity contribution < 1.29 is 0 Å². The zero-order valence-corrected chi connectivity index (χ0v) is 13.5. The predicted octanol–water partition coefficient (Wildman–Crippen LogP) is 2.41. The first-order valence-corrected chi connectivity index (χ1v) is 8.34. The van der Waals surface area contributed by atoms with Gasteiger partial charge in [0.15, 0.2) is 0 Å². The molecule has 1 fully saturated rings. The van der Waals surface area contributed by atoms with E-state index in [9.17, 15) is 0 Å². The molecule has 3 heterocycles. The van der Waals surface area contributed by atoms with Gasteiger partial charge in [0, 0.05) is 57.0 Å². The SMILES string of the molecule is c1cncc(C2CNCCN2Cc2cccc(-n3cccn3)c2)c1. The smallest absolute Gasteiger partial charge is 0.0648 e. The molecular weight excluding hydrogens is 298 g/mol. The first-order valence-electron chi connectivity index (χ1n) is 8.34. The summed E-state index contributed by atoms with van der Waals surface area (Å²) in [5, 5.41) is 7.82. The van der Waals surface area contributed by atoms with Crippen LogP contribution in [-0.2, 0) is 6.54 Å². The van der Waals surface area contributed by atoms with Gasteiger partial charge >= 0.3 is 0 Å². The van der Waals surface area contributed by atoms with Gasteiger partial charge in [-0.2, -0.15) is 5.10 Å². The fourth-order valence-electron chi connectivity index (χ4n) is 3.29. The van der Waals surface area contributed by atoms with Crippen molar-refractivity contribution >= 4 is 0 Å². The summed E-state index contributed by atoms with van der Waals surface area (Å²) in [6.07, 6.45) is 7.59. The quantitative estimate of drug-likeness (QED) is 0.802. The lowest BCUT2D eigenvalue weighted by molar-refractivity contribution is 0.153. The minimum atomic E-state index is 0.362. The number of hydrogen-bond acceptors (Lipinski definition) is 4. The standard InChI is InChI=1S/C19H21N5/c1-4-16(12-18(6-1)24-10-3-8-22-24)15-23-11-9-21-14-19(23)17-5-2-7-20-13-17/h1-8,10,12-13,19,21H,9,11,14-15H2. The maximum absolute atomic E-state index is 4.32. The Labute approximate surface area is 142 Å². The van der Waals surface area contributed by atoms with Crippen molar-refractivity contribution in [2.24, 2.45) is 0 Å². The van der Waals surface area contributed by atoms with Crippen LogP contribution in [-0.4, -0.2) is 39.3 Å². The van der Waals surface area contributed by atoms with E-state index in [0.717, 1.165) is 31.9 Å². The lowest BCUT2D eigenvalue weighted by Gasteiger charge is -2.36. The van der Waals surface area contributed by atoms with E-state index in [1.807, 2.05) is 35.4 Å². The van der Waals surface area contributed by atoms with E-state index in [2.05, 4.69) is 50.6 Å². The number of benzene rings is 1. The molecule has 3 aromatic rings. The van der Waals surface area contributed by atoms with Crippen molar-refractivity contribution in [1.29, 1.82) is 0 Å². The van der Waals surface area contributed by atoms with E-state index in [4.69, 9.17) is 0 Å². The van der Waals surface area contributed by atoms with E-state index in [-0.39, 0.29) is 0 Å². The zero-order valence-electron chi connectivity index (χ0n) is 13.5. The van der Waals surface area contributed by atoms with Gasteiger partial charge in [-0.15, -0.1) is 0 Å². The Bertz CT molecular complexity index is 769. The summed E-state index contributed by atoms with van der Waals surface area (Å²) in [5.41, 5.74) is 3.68. The number of rotatable bonds is 4. The van der Waals surface area contributed by atoms with E-state index in [0.29, 0.717) is 6.04 Å². The summed E-state index contributed by atoms with van der Waals surface area (Å²) >= 11 is 0. The van der Waals surface area contributed by atoms with Gasteiger partial charge < -0.3 is 5.32 Å². The zero-order chi connectivity index (χ0) is 16.2. The fourth-order valence-corrected chi connectivity index (χ4v) is 3.29. The molecule has 0 aliphatic carbocycles. The van der Waals surface area contributed by atoms with Crippen LogP contribution in [0.2, 0.25) is 0 Å². The fraction of sp³-hybridized carbons (Fsp3) is 0.263. The van der Waals surface area contributed by atoms with Crippen LogP contribution in [0.15, 0.2) is 67.3 Å². The van der Waals surface area contributed by atoms with Gasteiger partial charge in [0.05, 0.1) is 5.69 Å². The van der Waals surface area contributed by atoms with Crippen molar-refractivity contribution in [2.45, 2.75) is 12.6 Å². The van der Waals surface area contributed by atoms with Gasteiger partial charge in [0.25, 0.3) is 0 Å². The van der Waals surface area contributed by atoms with E-state index >= 15 is 0 Å². The molecule has 2 aromatic heterocycles. The second kappa shape index (κ2) is 6.95. The normalized spacial score (nSPS) is 18.6. The van der Waals surface area contributed by atoms with Crippen LogP contribution in [0.4, 0.5) is 0 Å². The lowest BCUT2D eigenvalue weighted by Crippen LogP contribution is -2.45. The molecule has 1 N–H and O–H groups in total. The first-order chi connectivity index (χ1) is 11.9. The average molecular weight is 319 g/mol. The van der Waals surface area contributed by atoms with E-state index < -0.39 is 0 Å². The van der Waals surface area contributed by atoms with Gasteiger partial charge in [-0.05, 0) is 35.4 Å². The molecule has 122 valence electrons. The Morgan fingerprint density at radius 1 is 1.12 bits per heavy atom. The van der Waals surface area contributed by atoms with Crippen molar-refractivity contribution in [3.05, 3.63) is 78.4 Å². The minimum Gasteiger partial charge on any atom is -0.314 e. The average Bonchev–Trinajstić information content (AvgIpc) is 3.18. The molecule has 0 amide bonds. The highest BCUT2D eigenvalue weighted by Crippen LogP contribution is 2.24. The summed E-state index contributed by atoms with van der Waals surface area (Å²) in [7, 11) is 0. The van der Waals surface area contributed by atoms with Crippen molar-refractivity contribution in [3.63, 3.8) is 0 Å². The van der Waals surface area contributed by atoms with Crippen molar-refractivity contribution in [3.8, 4) is 5.69 Å². The van der Waals surface area contributed by atoms with Gasteiger partial charge in [-0.1, -0.05) is 18.2 Å². The Morgan fingerprint density at radius 2 is 2.12 bits per heavy atom. The molecule has 0 spiro atoms. The topological polar surface area (TPSA) is 46.0 Å². The minimum absolute atomic E-state index is 0.362. The molecule has 4 rings (SSSR count). The Kier molecular flexibility index (Phi) is 4.36. The molecule has 1 atom stereocenters. The lowest BCUT2D eigenvalue weighted by atomic mass is 10.0. The largest absolute Gasteiger partial charge is 0.314 e. The molecule has 1 aromatic carbocycles. The number of piperazine rings is 1. The van der Waals surface area contributed by atoms with Crippen LogP contribution in [0, 0.1) is 0 Å². The van der Waals surface area contributed by atoms with E-state index in [1.54, 1.807) is 6.20 Å². The second-order valence-corrected chi connectivity index (χ2v) is 6.10. The maximum Gasteiger partial charge on any atom is 0.0648 e. The number of aromatic nitrogens is 3. The van der Waals surface area contributed by atoms with Crippen LogP contribution < -0.4 is 5.32 Å². The summed E-state index contributed by atoms with van der Waals surface area (Å²) in [4.78, 5) is 6.81. The number of hydrogen-bond donors (Lipinski definition) is 1. The summed E-state index contributed by atoms with van der Waals surface area (Å²) in [6.45, 7) is 3.95. The van der Waals surface area contributed by atoms with Gasteiger partial charge in [0.2, 0.25) is 0 Å². The van der Waals surface area contributed by atoms with Crippen LogP contribution in [0.3, 0.4) is 0 Å². The Hall–Kier alpha value is -2.50. The molecule has 0 radical (unpaired) electrons. The van der Waals surface area contributed by atoms with Crippen LogP contribution in [0.25, 0.3) is 5.69 Å². The Morgan fingerprint density at radius 3 is 2.96 bits per heavy atom. The molecule has 1 saturated heterocycles. The van der Waals surface area contributed by atoms with Crippen LogP contribution in [0.1, 0.15) is 17.2 Å². The Balaban J connectivity index is 1.56. The molecule has 1 aliphatic rings. The van der Waals surface area contributed by atoms with Crippen molar-refractivity contribution in [2.75, 3.05) is 19.6 Å². The maximum atomic E-state index is 4.32. The third-order valence-corrected chi connectivity index (χ3v) is 4.49. The molecule has 0 saturated carbocycles. The molecule has 0 bridgehead atoms. The van der Waals surface area contributed by atoms with Crippen molar-refractivity contribution in [1.82, 2.24) is 25.0 Å². The van der Waals surface area contributed by atoms with Gasteiger partial charge in [0.1, 0.15) is 0 Å². The van der Waals surface area contributed by atoms with Crippen LogP contribution in [0.5, 0.6) is 0 Å².